The second-order valence-corrected chi connectivity index (χ2v) is 7.10. The van der Waals surface area contributed by atoms with Gasteiger partial charge in [0.25, 0.3) is 0 Å². The lowest BCUT2D eigenvalue weighted by atomic mass is 10.1. The molecule has 144 valence electrons. The van der Waals surface area contributed by atoms with Gasteiger partial charge in [-0.15, -0.1) is 0 Å². The van der Waals surface area contributed by atoms with Crippen LogP contribution in [0.4, 0.5) is 5.69 Å². The highest BCUT2D eigenvalue weighted by molar-refractivity contribution is 5.92. The van der Waals surface area contributed by atoms with Crippen molar-refractivity contribution >= 4 is 11.6 Å². The zero-order valence-electron chi connectivity index (χ0n) is 16.1. The van der Waals surface area contributed by atoms with Crippen molar-refractivity contribution in [3.05, 3.63) is 54.4 Å². The molecule has 7 nitrogen and oxygen atoms in total. The van der Waals surface area contributed by atoms with E-state index in [1.165, 1.54) is 6.33 Å². The number of aryl methyl sites for hydroxylation is 1. The van der Waals surface area contributed by atoms with Gasteiger partial charge in [0.05, 0.1) is 5.69 Å². The molecule has 7 heteroatoms. The summed E-state index contributed by atoms with van der Waals surface area (Å²) in [5.41, 5.74) is 2.75. The molecule has 4 rings (SSSR count). The maximum atomic E-state index is 12.2. The molecule has 1 amide bonds. The number of amides is 1. The number of carbonyl (C=O) groups excluding carboxylic acids is 1. The normalized spacial score (nSPS) is 14.2. The van der Waals surface area contributed by atoms with Gasteiger partial charge in [0.1, 0.15) is 24.2 Å². The second-order valence-electron chi connectivity index (χ2n) is 7.10. The fourth-order valence-corrected chi connectivity index (χ4v) is 3.41. The molecule has 0 aliphatic heterocycles. The van der Waals surface area contributed by atoms with E-state index in [1.54, 1.807) is 12.4 Å². The molecule has 28 heavy (non-hydrogen) atoms. The summed E-state index contributed by atoms with van der Waals surface area (Å²) in [4.78, 5) is 25.0. The Balaban J connectivity index is 1.44. The smallest absolute Gasteiger partial charge is 0.227 e. The Labute approximate surface area is 163 Å². The van der Waals surface area contributed by atoms with Crippen LogP contribution in [-0.2, 0) is 4.79 Å². The van der Waals surface area contributed by atoms with Crippen molar-refractivity contribution in [1.82, 2.24) is 19.5 Å². The molecule has 0 unspecified atom stereocenters. The lowest BCUT2D eigenvalue weighted by molar-refractivity contribution is -0.119. The number of ether oxygens (including phenoxy) is 1. The Morgan fingerprint density at radius 1 is 1.11 bits per heavy atom. The predicted octanol–water partition coefficient (Wildman–Crippen LogP) is 4.20. The van der Waals surface area contributed by atoms with Crippen molar-refractivity contribution < 1.29 is 9.53 Å². The molecule has 1 aliphatic carbocycles. The van der Waals surface area contributed by atoms with Crippen molar-refractivity contribution in [3.8, 4) is 17.4 Å². The predicted molar refractivity (Wildman–Crippen MR) is 106 cm³/mol. The monoisotopic (exact) mass is 377 g/mol. The first-order valence-corrected chi connectivity index (χ1v) is 9.52. The van der Waals surface area contributed by atoms with Crippen LogP contribution in [0.1, 0.15) is 37.1 Å². The van der Waals surface area contributed by atoms with Crippen LogP contribution in [0.25, 0.3) is 5.82 Å². The van der Waals surface area contributed by atoms with Gasteiger partial charge in [-0.2, -0.15) is 0 Å². The van der Waals surface area contributed by atoms with Gasteiger partial charge >= 0.3 is 0 Å². The number of imidazole rings is 1. The van der Waals surface area contributed by atoms with E-state index in [2.05, 4.69) is 20.3 Å². The average Bonchev–Trinajstić information content (AvgIpc) is 3.35. The van der Waals surface area contributed by atoms with Crippen LogP contribution in [0.5, 0.6) is 11.6 Å². The van der Waals surface area contributed by atoms with Crippen molar-refractivity contribution in [2.75, 3.05) is 5.32 Å². The summed E-state index contributed by atoms with van der Waals surface area (Å²) in [5, 5.41) is 2.98. The van der Waals surface area contributed by atoms with E-state index in [-0.39, 0.29) is 11.8 Å². The van der Waals surface area contributed by atoms with Gasteiger partial charge in [0.15, 0.2) is 0 Å². The molecule has 0 radical (unpaired) electrons. The molecule has 2 heterocycles. The highest BCUT2D eigenvalue weighted by atomic mass is 16.5. The van der Waals surface area contributed by atoms with Crippen LogP contribution in [0.3, 0.4) is 0 Å². The number of hydrogen-bond acceptors (Lipinski definition) is 5. The highest BCUT2D eigenvalue weighted by Gasteiger charge is 2.22. The third-order valence-corrected chi connectivity index (χ3v) is 5.20. The fraction of sp³-hybridized carbons (Fsp3) is 0.333. The van der Waals surface area contributed by atoms with E-state index in [1.807, 2.05) is 42.7 Å². The molecular formula is C21H23N5O2. The molecular weight excluding hydrogens is 354 g/mol. The van der Waals surface area contributed by atoms with Crippen LogP contribution < -0.4 is 10.1 Å². The van der Waals surface area contributed by atoms with E-state index in [0.717, 1.165) is 42.8 Å². The molecule has 2 aromatic heterocycles. The van der Waals surface area contributed by atoms with E-state index in [4.69, 9.17) is 4.74 Å². The van der Waals surface area contributed by atoms with Gasteiger partial charge in [0, 0.05) is 23.4 Å². The largest absolute Gasteiger partial charge is 0.439 e. The summed E-state index contributed by atoms with van der Waals surface area (Å²) >= 11 is 0. The third kappa shape index (κ3) is 3.88. The van der Waals surface area contributed by atoms with Crippen LogP contribution in [0.2, 0.25) is 0 Å². The minimum atomic E-state index is 0.109. The Morgan fingerprint density at radius 2 is 1.86 bits per heavy atom. The van der Waals surface area contributed by atoms with Gasteiger partial charge in [-0.25, -0.2) is 15.0 Å². The minimum Gasteiger partial charge on any atom is -0.439 e. The average molecular weight is 377 g/mol. The summed E-state index contributed by atoms with van der Waals surface area (Å²) in [6.45, 7) is 3.95. The third-order valence-electron chi connectivity index (χ3n) is 5.20. The number of aromatic nitrogens is 4. The zero-order chi connectivity index (χ0) is 19.5. The summed E-state index contributed by atoms with van der Waals surface area (Å²) < 4.78 is 7.74. The van der Waals surface area contributed by atoms with Crippen LogP contribution in [-0.4, -0.2) is 25.4 Å². The number of nitrogens with zero attached hydrogens (tertiary/aromatic N) is 4. The number of nitrogens with one attached hydrogen (secondary N) is 1. The first-order valence-electron chi connectivity index (χ1n) is 9.52. The highest BCUT2D eigenvalue weighted by Crippen LogP contribution is 2.27. The van der Waals surface area contributed by atoms with Gasteiger partial charge in [0.2, 0.25) is 11.8 Å². The van der Waals surface area contributed by atoms with E-state index in [9.17, 15) is 4.79 Å². The Morgan fingerprint density at radius 3 is 2.54 bits per heavy atom. The van der Waals surface area contributed by atoms with Crippen LogP contribution >= 0.6 is 0 Å². The first-order chi connectivity index (χ1) is 13.6. The summed E-state index contributed by atoms with van der Waals surface area (Å²) in [5.74, 6) is 2.03. The maximum Gasteiger partial charge on any atom is 0.227 e. The van der Waals surface area contributed by atoms with E-state index < -0.39 is 0 Å². The van der Waals surface area contributed by atoms with Crippen molar-refractivity contribution in [2.24, 2.45) is 5.92 Å². The number of rotatable bonds is 5. The van der Waals surface area contributed by atoms with Gasteiger partial charge in [-0.3, -0.25) is 9.36 Å². The SMILES string of the molecule is Cc1ncn(-c2cc(Oc3ccc(NC(=O)C4CCCC4)cc3)ncn2)c1C. The van der Waals surface area contributed by atoms with Crippen molar-refractivity contribution in [1.29, 1.82) is 0 Å². The van der Waals surface area contributed by atoms with Gasteiger partial charge in [-0.05, 0) is 51.0 Å². The van der Waals surface area contributed by atoms with Crippen molar-refractivity contribution in [2.45, 2.75) is 39.5 Å². The number of carbonyl (C=O) groups is 1. The zero-order valence-corrected chi connectivity index (χ0v) is 16.1. The van der Waals surface area contributed by atoms with Crippen LogP contribution in [0.15, 0.2) is 43.0 Å². The molecule has 0 bridgehead atoms. The lowest BCUT2D eigenvalue weighted by Gasteiger charge is -2.11. The van der Waals surface area contributed by atoms with Gasteiger partial charge in [-0.1, -0.05) is 12.8 Å². The second kappa shape index (κ2) is 7.80. The van der Waals surface area contributed by atoms with Crippen LogP contribution in [0, 0.1) is 19.8 Å². The molecule has 0 spiro atoms. The standard InChI is InChI=1S/C21H23N5O2/c1-14-15(2)26(13-24-14)19-11-20(23-12-22-19)28-18-9-7-17(8-10-18)25-21(27)16-5-3-4-6-16/h7-13,16H,3-6H2,1-2H3,(H,25,27). The van der Waals surface area contributed by atoms with E-state index in [0.29, 0.717) is 17.4 Å². The fourth-order valence-electron chi connectivity index (χ4n) is 3.41. The number of anilines is 1. The van der Waals surface area contributed by atoms with E-state index >= 15 is 0 Å². The molecule has 0 atom stereocenters. The molecule has 1 aromatic carbocycles. The van der Waals surface area contributed by atoms with Gasteiger partial charge < -0.3 is 10.1 Å². The summed E-state index contributed by atoms with van der Waals surface area (Å²) in [6.07, 6.45) is 7.46. The lowest BCUT2D eigenvalue weighted by Crippen LogP contribution is -2.20. The molecule has 3 aromatic rings. The number of benzene rings is 1. The summed E-state index contributed by atoms with van der Waals surface area (Å²) in [6, 6.07) is 9.09. The molecule has 1 saturated carbocycles. The first kappa shape index (κ1) is 18.2. The molecule has 1 N–H and O–H groups in total. The maximum absolute atomic E-state index is 12.2. The Hall–Kier alpha value is -3.22. The Kier molecular flexibility index (Phi) is 5.06. The van der Waals surface area contributed by atoms with Crippen molar-refractivity contribution in [3.63, 3.8) is 0 Å². The Bertz CT molecular complexity index is 975. The molecule has 0 saturated heterocycles. The quantitative estimate of drug-likeness (QED) is 0.721. The summed E-state index contributed by atoms with van der Waals surface area (Å²) in [7, 11) is 0. The molecule has 1 fully saturated rings. The topological polar surface area (TPSA) is 81.9 Å². The number of hydrogen-bond donors (Lipinski definition) is 1. The molecule has 1 aliphatic rings. The minimum absolute atomic E-state index is 0.109.